The summed E-state index contributed by atoms with van der Waals surface area (Å²) in [6.07, 6.45) is 3.38. The number of ether oxygens (including phenoxy) is 1. The van der Waals surface area contributed by atoms with Crippen LogP contribution in [0.15, 0.2) is 5.10 Å². The summed E-state index contributed by atoms with van der Waals surface area (Å²) in [6.45, 7) is 8.23. The van der Waals surface area contributed by atoms with Crippen molar-refractivity contribution in [2.75, 3.05) is 20.3 Å². The minimum absolute atomic E-state index is 0.350. The molecule has 1 fully saturated rings. The SMILES string of the molecule is COCCNC(=S)NN=C1C[C@@H](C)CC(C)(C)C1. The second-order valence-corrected chi connectivity index (χ2v) is 6.30. The van der Waals surface area contributed by atoms with Crippen LogP contribution in [0.25, 0.3) is 0 Å². The number of hydrazone groups is 1. The first-order chi connectivity index (χ1) is 8.43. The van der Waals surface area contributed by atoms with E-state index in [0.29, 0.717) is 29.6 Å². The number of nitrogens with one attached hydrogen (secondary N) is 2. The number of hydrogen-bond donors (Lipinski definition) is 2. The molecule has 1 atom stereocenters. The summed E-state index contributed by atoms with van der Waals surface area (Å²) < 4.78 is 4.94. The van der Waals surface area contributed by atoms with E-state index >= 15 is 0 Å². The van der Waals surface area contributed by atoms with Gasteiger partial charge in [-0.05, 0) is 42.8 Å². The third-order valence-electron chi connectivity index (χ3n) is 3.08. The van der Waals surface area contributed by atoms with Gasteiger partial charge in [-0.2, -0.15) is 5.10 Å². The average molecular weight is 271 g/mol. The molecule has 0 saturated heterocycles. The van der Waals surface area contributed by atoms with E-state index in [1.807, 2.05) is 0 Å². The van der Waals surface area contributed by atoms with Gasteiger partial charge in [-0.3, -0.25) is 5.43 Å². The first kappa shape index (κ1) is 15.4. The summed E-state index contributed by atoms with van der Waals surface area (Å²) in [5.74, 6) is 0.698. The molecule has 1 aliphatic rings. The largest absolute Gasteiger partial charge is 0.383 e. The number of thiocarbonyl (C=S) groups is 1. The molecule has 0 heterocycles. The predicted octanol–water partition coefficient (Wildman–Crippen LogP) is 2.30. The molecule has 0 spiro atoms. The molecule has 0 bridgehead atoms. The fraction of sp³-hybridized carbons (Fsp3) is 0.846. The molecule has 1 aliphatic carbocycles. The monoisotopic (exact) mass is 271 g/mol. The Labute approximate surface area is 116 Å². The lowest BCUT2D eigenvalue weighted by molar-refractivity contribution is 0.204. The van der Waals surface area contributed by atoms with Crippen molar-refractivity contribution in [3.05, 3.63) is 0 Å². The third kappa shape index (κ3) is 5.78. The Bertz CT molecular complexity index is 315. The average Bonchev–Trinajstić information content (AvgIpc) is 2.24. The molecule has 1 saturated carbocycles. The molecule has 0 radical (unpaired) electrons. The molecule has 0 amide bonds. The molecule has 5 heteroatoms. The summed E-state index contributed by atoms with van der Waals surface area (Å²) in [4.78, 5) is 0. The predicted molar refractivity (Wildman–Crippen MR) is 79.8 cm³/mol. The van der Waals surface area contributed by atoms with Crippen LogP contribution >= 0.6 is 12.2 Å². The highest BCUT2D eigenvalue weighted by Crippen LogP contribution is 2.36. The van der Waals surface area contributed by atoms with Gasteiger partial charge in [0.05, 0.1) is 6.61 Å². The minimum atomic E-state index is 0.350. The topological polar surface area (TPSA) is 45.6 Å². The molecular formula is C13H25N3OS. The Hall–Kier alpha value is -0.680. The molecule has 104 valence electrons. The van der Waals surface area contributed by atoms with Crippen LogP contribution in [0.5, 0.6) is 0 Å². The molecule has 1 rings (SSSR count). The van der Waals surface area contributed by atoms with E-state index in [-0.39, 0.29) is 0 Å². The lowest BCUT2D eigenvalue weighted by Gasteiger charge is -2.34. The first-order valence-corrected chi connectivity index (χ1v) is 6.92. The van der Waals surface area contributed by atoms with Crippen LogP contribution in [0, 0.1) is 11.3 Å². The molecule has 2 N–H and O–H groups in total. The summed E-state index contributed by atoms with van der Waals surface area (Å²) >= 11 is 5.14. The van der Waals surface area contributed by atoms with Gasteiger partial charge in [0.1, 0.15) is 0 Å². The van der Waals surface area contributed by atoms with E-state index in [9.17, 15) is 0 Å². The van der Waals surface area contributed by atoms with Gasteiger partial charge in [-0.1, -0.05) is 20.8 Å². The van der Waals surface area contributed by atoms with Crippen LogP contribution in [-0.4, -0.2) is 31.1 Å². The first-order valence-electron chi connectivity index (χ1n) is 6.51. The van der Waals surface area contributed by atoms with Crippen molar-refractivity contribution in [1.29, 1.82) is 0 Å². The minimum Gasteiger partial charge on any atom is -0.383 e. The van der Waals surface area contributed by atoms with Crippen molar-refractivity contribution in [1.82, 2.24) is 10.7 Å². The van der Waals surface area contributed by atoms with E-state index in [2.05, 4.69) is 36.6 Å². The summed E-state index contributed by atoms with van der Waals surface area (Å²) in [7, 11) is 1.67. The van der Waals surface area contributed by atoms with Crippen LogP contribution < -0.4 is 10.7 Å². The molecule has 18 heavy (non-hydrogen) atoms. The van der Waals surface area contributed by atoms with Gasteiger partial charge in [0.15, 0.2) is 5.11 Å². The smallest absolute Gasteiger partial charge is 0.187 e. The maximum Gasteiger partial charge on any atom is 0.187 e. The summed E-state index contributed by atoms with van der Waals surface area (Å²) in [5, 5.41) is 8.04. The van der Waals surface area contributed by atoms with Crippen LogP contribution in [0.4, 0.5) is 0 Å². The number of rotatable bonds is 4. The zero-order valence-corrected chi connectivity index (χ0v) is 12.7. The summed E-state index contributed by atoms with van der Waals surface area (Å²) in [6, 6.07) is 0. The van der Waals surface area contributed by atoms with Crippen LogP contribution in [0.2, 0.25) is 0 Å². The van der Waals surface area contributed by atoms with Crippen molar-refractivity contribution in [3.8, 4) is 0 Å². The van der Waals surface area contributed by atoms with E-state index in [4.69, 9.17) is 17.0 Å². The van der Waals surface area contributed by atoms with Crippen molar-refractivity contribution in [2.24, 2.45) is 16.4 Å². The quantitative estimate of drug-likeness (QED) is 0.468. The fourth-order valence-corrected chi connectivity index (χ4v) is 2.78. The molecule has 0 unspecified atom stereocenters. The molecular weight excluding hydrogens is 246 g/mol. The maximum absolute atomic E-state index is 5.14. The fourth-order valence-electron chi connectivity index (χ4n) is 2.64. The van der Waals surface area contributed by atoms with Gasteiger partial charge < -0.3 is 10.1 Å². The second kappa shape index (κ2) is 7.04. The van der Waals surface area contributed by atoms with E-state index < -0.39 is 0 Å². The van der Waals surface area contributed by atoms with Crippen molar-refractivity contribution >= 4 is 23.0 Å². The highest BCUT2D eigenvalue weighted by atomic mass is 32.1. The van der Waals surface area contributed by atoms with Crippen LogP contribution in [0.3, 0.4) is 0 Å². The molecule has 0 aromatic carbocycles. The van der Waals surface area contributed by atoms with Gasteiger partial charge in [0, 0.05) is 19.4 Å². The lowest BCUT2D eigenvalue weighted by atomic mass is 9.72. The molecule has 0 aromatic rings. The zero-order chi connectivity index (χ0) is 13.6. The lowest BCUT2D eigenvalue weighted by Crippen LogP contribution is -2.36. The standard InChI is InChI=1S/C13H25N3OS/c1-10-7-11(9-13(2,3)8-10)15-16-12(18)14-5-6-17-4/h10H,5-9H2,1-4H3,(H2,14,16,18)/t10-/m1/s1. The second-order valence-electron chi connectivity index (χ2n) is 5.89. The maximum atomic E-state index is 5.14. The number of methoxy groups -OCH3 is 1. The Kier molecular flexibility index (Phi) is 6.02. The van der Waals surface area contributed by atoms with Crippen LogP contribution in [0.1, 0.15) is 40.0 Å². The highest BCUT2D eigenvalue weighted by Gasteiger charge is 2.29. The zero-order valence-electron chi connectivity index (χ0n) is 11.9. The number of hydrogen-bond acceptors (Lipinski definition) is 3. The normalized spacial score (nSPS) is 24.9. The Morgan fingerprint density at radius 1 is 1.56 bits per heavy atom. The van der Waals surface area contributed by atoms with Crippen LogP contribution in [-0.2, 0) is 4.74 Å². The van der Waals surface area contributed by atoms with E-state index in [1.165, 1.54) is 12.1 Å². The third-order valence-corrected chi connectivity index (χ3v) is 3.31. The summed E-state index contributed by atoms with van der Waals surface area (Å²) in [5.41, 5.74) is 4.49. The van der Waals surface area contributed by atoms with Gasteiger partial charge in [0.25, 0.3) is 0 Å². The Morgan fingerprint density at radius 3 is 2.89 bits per heavy atom. The Balaban J connectivity index is 2.39. The number of nitrogens with zero attached hydrogens (tertiary/aromatic N) is 1. The van der Waals surface area contributed by atoms with Gasteiger partial charge >= 0.3 is 0 Å². The Morgan fingerprint density at radius 2 is 2.28 bits per heavy atom. The van der Waals surface area contributed by atoms with Crippen molar-refractivity contribution in [3.63, 3.8) is 0 Å². The molecule has 4 nitrogen and oxygen atoms in total. The van der Waals surface area contributed by atoms with Crippen molar-refractivity contribution < 1.29 is 4.74 Å². The van der Waals surface area contributed by atoms with Gasteiger partial charge in [0.2, 0.25) is 0 Å². The molecule has 0 aliphatic heterocycles. The van der Waals surface area contributed by atoms with Gasteiger partial charge in [-0.15, -0.1) is 0 Å². The highest BCUT2D eigenvalue weighted by molar-refractivity contribution is 7.80. The molecule has 0 aromatic heterocycles. The van der Waals surface area contributed by atoms with E-state index in [1.54, 1.807) is 7.11 Å². The van der Waals surface area contributed by atoms with Crippen molar-refractivity contribution in [2.45, 2.75) is 40.0 Å². The van der Waals surface area contributed by atoms with Gasteiger partial charge in [-0.25, -0.2) is 0 Å². The van der Waals surface area contributed by atoms with E-state index in [0.717, 1.165) is 12.8 Å².